The molecule has 0 bridgehead atoms. The molecule has 0 spiro atoms. The number of thioether (sulfide) groups is 1. The highest BCUT2D eigenvalue weighted by atomic mass is 32.2. The van der Waals surface area contributed by atoms with Gasteiger partial charge in [-0.2, -0.15) is 5.10 Å². The topological polar surface area (TPSA) is 80.4 Å². The van der Waals surface area contributed by atoms with Gasteiger partial charge in [0.1, 0.15) is 23.9 Å². The molecule has 9 heteroatoms. The normalized spacial score (nSPS) is 14.9. The zero-order chi connectivity index (χ0) is 29.2. The van der Waals surface area contributed by atoms with Crippen LogP contribution in [-0.2, 0) is 16.1 Å². The molecule has 1 aliphatic heterocycles. The van der Waals surface area contributed by atoms with Crippen molar-refractivity contribution < 1.29 is 18.4 Å². The predicted molar refractivity (Wildman–Crippen MR) is 162 cm³/mol. The lowest BCUT2D eigenvalue weighted by Gasteiger charge is -2.24. The Bertz CT molecular complexity index is 1750. The number of nitrogens with one attached hydrogen (secondary N) is 1. The van der Waals surface area contributed by atoms with Gasteiger partial charge >= 0.3 is 0 Å². The fraction of sp³-hybridized carbons (Fsp3) is 0.182. The Morgan fingerprint density at radius 1 is 1.05 bits per heavy atom. The van der Waals surface area contributed by atoms with E-state index in [2.05, 4.69) is 5.32 Å². The standard InChI is InChI=1S/C33H29FN4O3S/c1-21-9-6-15-27(22(21)2)38-33-30(31(36-38)23-10-4-3-5-11-23)32(24-12-7-13-25(34)17-24)42-20-29(40)37(33)19-28(39)35-18-26-14-8-16-41-26/h3-17,32H,18-20H2,1-2H3,(H,35,39)/t32-/m1/s1. The number of carbonyl (C=O) groups excluding carboxylic acids is 2. The van der Waals surface area contributed by atoms with Crippen LogP contribution < -0.4 is 10.2 Å². The third kappa shape index (κ3) is 5.35. The molecule has 0 saturated carbocycles. The first-order valence-corrected chi connectivity index (χ1v) is 14.7. The van der Waals surface area contributed by atoms with Gasteiger partial charge in [-0.05, 0) is 60.9 Å². The van der Waals surface area contributed by atoms with E-state index in [0.29, 0.717) is 17.3 Å². The molecule has 1 aliphatic rings. The van der Waals surface area contributed by atoms with Crippen LogP contribution >= 0.6 is 11.8 Å². The molecule has 42 heavy (non-hydrogen) atoms. The molecule has 0 radical (unpaired) electrons. The van der Waals surface area contributed by atoms with Gasteiger partial charge < -0.3 is 9.73 Å². The fourth-order valence-corrected chi connectivity index (χ4v) is 6.38. The van der Waals surface area contributed by atoms with E-state index >= 15 is 0 Å². The molecule has 5 aromatic rings. The SMILES string of the molecule is Cc1cccc(-n2nc(-c3ccccc3)c3c2N(CC(=O)NCc2ccco2)C(=O)CS[C@@H]3c2cccc(F)c2)c1C. The lowest BCUT2D eigenvalue weighted by Crippen LogP contribution is -2.42. The minimum absolute atomic E-state index is 0.0996. The largest absolute Gasteiger partial charge is 0.467 e. The first-order valence-electron chi connectivity index (χ1n) is 13.6. The maximum absolute atomic E-state index is 14.5. The number of rotatable bonds is 7. The molecular weight excluding hydrogens is 551 g/mol. The van der Waals surface area contributed by atoms with Crippen molar-refractivity contribution in [3.8, 4) is 16.9 Å². The van der Waals surface area contributed by atoms with Gasteiger partial charge in [0.25, 0.3) is 0 Å². The second-order valence-corrected chi connectivity index (χ2v) is 11.3. The predicted octanol–water partition coefficient (Wildman–Crippen LogP) is 6.37. The van der Waals surface area contributed by atoms with Crippen molar-refractivity contribution in [1.29, 1.82) is 0 Å². The molecule has 0 unspecified atom stereocenters. The lowest BCUT2D eigenvalue weighted by molar-refractivity contribution is -0.123. The van der Waals surface area contributed by atoms with Crippen LogP contribution in [0, 0.1) is 19.7 Å². The maximum Gasteiger partial charge on any atom is 0.240 e. The third-order valence-corrected chi connectivity index (χ3v) is 8.69. The monoisotopic (exact) mass is 580 g/mol. The first kappa shape index (κ1) is 27.5. The van der Waals surface area contributed by atoms with Crippen LogP contribution in [0.1, 0.15) is 33.3 Å². The van der Waals surface area contributed by atoms with Crippen molar-refractivity contribution in [2.75, 3.05) is 17.2 Å². The Morgan fingerprint density at radius 2 is 1.86 bits per heavy atom. The molecule has 0 fully saturated rings. The second-order valence-electron chi connectivity index (χ2n) is 10.2. The molecule has 1 atom stereocenters. The Kier molecular flexibility index (Phi) is 7.67. The minimum atomic E-state index is -0.412. The summed E-state index contributed by atoms with van der Waals surface area (Å²) in [6, 6.07) is 25.7. The number of aryl methyl sites for hydroxylation is 1. The summed E-state index contributed by atoms with van der Waals surface area (Å²) >= 11 is 1.41. The van der Waals surface area contributed by atoms with Gasteiger partial charge in [0.15, 0.2) is 0 Å². The zero-order valence-corrected chi connectivity index (χ0v) is 24.0. The summed E-state index contributed by atoms with van der Waals surface area (Å²) in [5.74, 6) is 0.277. The van der Waals surface area contributed by atoms with Crippen LogP contribution in [0.15, 0.2) is 95.6 Å². The van der Waals surface area contributed by atoms with E-state index in [1.54, 1.807) is 29.1 Å². The zero-order valence-electron chi connectivity index (χ0n) is 23.2. The molecule has 6 rings (SSSR count). The van der Waals surface area contributed by atoms with Crippen LogP contribution in [0.3, 0.4) is 0 Å². The fourth-order valence-electron chi connectivity index (χ4n) is 5.19. The van der Waals surface area contributed by atoms with Gasteiger partial charge in [0, 0.05) is 11.1 Å². The molecule has 3 aromatic carbocycles. The molecule has 3 heterocycles. The number of anilines is 1. The van der Waals surface area contributed by atoms with Crippen molar-refractivity contribution in [3.63, 3.8) is 0 Å². The van der Waals surface area contributed by atoms with E-state index in [1.807, 2.05) is 68.4 Å². The van der Waals surface area contributed by atoms with E-state index in [-0.39, 0.29) is 36.5 Å². The smallest absolute Gasteiger partial charge is 0.240 e. The van der Waals surface area contributed by atoms with Crippen molar-refractivity contribution >= 4 is 29.4 Å². The maximum atomic E-state index is 14.5. The third-order valence-electron chi connectivity index (χ3n) is 7.43. The molecule has 212 valence electrons. The molecule has 2 amide bonds. The van der Waals surface area contributed by atoms with Gasteiger partial charge in [0.2, 0.25) is 11.8 Å². The molecule has 0 aliphatic carbocycles. The lowest BCUT2D eigenvalue weighted by atomic mass is 9.99. The summed E-state index contributed by atoms with van der Waals surface area (Å²) in [6.45, 7) is 4.02. The minimum Gasteiger partial charge on any atom is -0.467 e. The van der Waals surface area contributed by atoms with E-state index < -0.39 is 5.25 Å². The number of nitrogens with zero attached hydrogens (tertiary/aromatic N) is 3. The summed E-state index contributed by atoms with van der Waals surface area (Å²) in [6.07, 6.45) is 1.55. The number of aromatic nitrogens is 2. The molecular formula is C33H29FN4O3S. The number of hydrogen-bond donors (Lipinski definition) is 1. The van der Waals surface area contributed by atoms with Crippen LogP contribution in [-0.4, -0.2) is 33.9 Å². The number of amides is 2. The molecule has 0 saturated heterocycles. The number of hydrogen-bond acceptors (Lipinski definition) is 5. The van der Waals surface area contributed by atoms with Gasteiger partial charge in [-0.3, -0.25) is 14.5 Å². The summed E-state index contributed by atoms with van der Waals surface area (Å²) in [5, 5.41) is 7.57. The average Bonchev–Trinajstić information content (AvgIpc) is 3.63. The number of fused-ring (bicyclic) bond motifs is 1. The van der Waals surface area contributed by atoms with Crippen LogP contribution in [0.4, 0.5) is 10.2 Å². The van der Waals surface area contributed by atoms with Crippen molar-refractivity contribution in [2.24, 2.45) is 0 Å². The van der Waals surface area contributed by atoms with Gasteiger partial charge in [-0.1, -0.05) is 54.6 Å². The number of benzene rings is 3. The molecule has 1 N–H and O–H groups in total. The molecule has 2 aromatic heterocycles. The second kappa shape index (κ2) is 11.7. The molecule has 7 nitrogen and oxygen atoms in total. The van der Waals surface area contributed by atoms with Crippen molar-refractivity contribution in [2.45, 2.75) is 25.6 Å². The number of halogens is 1. The summed E-state index contributed by atoms with van der Waals surface area (Å²) in [7, 11) is 0. The Balaban J connectivity index is 1.57. The quantitative estimate of drug-likeness (QED) is 0.242. The van der Waals surface area contributed by atoms with Gasteiger partial charge in [-0.25, -0.2) is 9.07 Å². The highest BCUT2D eigenvalue weighted by Gasteiger charge is 2.38. The number of carbonyl (C=O) groups is 2. The Morgan fingerprint density at radius 3 is 2.62 bits per heavy atom. The van der Waals surface area contributed by atoms with E-state index in [4.69, 9.17) is 9.52 Å². The highest BCUT2D eigenvalue weighted by Crippen LogP contribution is 2.48. The van der Waals surface area contributed by atoms with Crippen molar-refractivity contribution in [3.05, 3.63) is 125 Å². The van der Waals surface area contributed by atoms with Crippen molar-refractivity contribution in [1.82, 2.24) is 15.1 Å². The first-order chi connectivity index (χ1) is 20.4. The summed E-state index contributed by atoms with van der Waals surface area (Å²) < 4.78 is 21.7. The van der Waals surface area contributed by atoms with Gasteiger partial charge in [0.05, 0.1) is 35.2 Å². The number of furan rings is 1. The van der Waals surface area contributed by atoms with E-state index in [9.17, 15) is 14.0 Å². The van der Waals surface area contributed by atoms with Gasteiger partial charge in [-0.15, -0.1) is 11.8 Å². The average molecular weight is 581 g/mol. The summed E-state index contributed by atoms with van der Waals surface area (Å²) in [4.78, 5) is 28.7. The van der Waals surface area contributed by atoms with Crippen LogP contribution in [0.25, 0.3) is 16.9 Å². The Hall–Kier alpha value is -4.63. The van der Waals surface area contributed by atoms with Crippen LogP contribution in [0.2, 0.25) is 0 Å². The highest BCUT2D eigenvalue weighted by molar-refractivity contribution is 8.00. The Labute approximate surface area is 247 Å². The van der Waals surface area contributed by atoms with E-state index in [0.717, 1.165) is 33.5 Å². The van der Waals surface area contributed by atoms with E-state index in [1.165, 1.54) is 28.8 Å². The summed E-state index contributed by atoms with van der Waals surface area (Å²) in [5.41, 5.74) is 5.86. The van der Waals surface area contributed by atoms with Crippen LogP contribution in [0.5, 0.6) is 0 Å².